The molecule has 0 saturated heterocycles. The number of nitrogens with two attached hydrogens (primary N) is 2. The SMILES string of the molecule is CC(=O)CC(=O)Nc1ccc(SOOO)c(N)c1.Cc1cc(=O)[nH]c2cc(N)c(SOO[O-])cc12.c1cc[nH+]cc1. The summed E-state index contributed by atoms with van der Waals surface area (Å²) in [6.07, 6.45) is 3.57. The van der Waals surface area contributed by atoms with Gasteiger partial charge in [0.25, 0.3) is 0 Å². The highest BCUT2D eigenvalue weighted by molar-refractivity contribution is 7.95. The van der Waals surface area contributed by atoms with Gasteiger partial charge >= 0.3 is 0 Å². The van der Waals surface area contributed by atoms with Crippen molar-refractivity contribution in [2.24, 2.45) is 0 Å². The van der Waals surface area contributed by atoms with Gasteiger partial charge in [-0.3, -0.25) is 19.4 Å². The zero-order valence-corrected chi connectivity index (χ0v) is 23.4. The Hall–Kier alpha value is -4.00. The van der Waals surface area contributed by atoms with Crippen LogP contribution >= 0.6 is 24.1 Å². The van der Waals surface area contributed by atoms with Crippen LogP contribution < -0.4 is 32.6 Å². The third kappa shape index (κ3) is 12.0. The molecular weight excluding hydrogens is 578 g/mol. The van der Waals surface area contributed by atoms with E-state index in [9.17, 15) is 19.6 Å². The molecule has 0 saturated carbocycles. The van der Waals surface area contributed by atoms with E-state index in [-0.39, 0.29) is 17.8 Å². The van der Waals surface area contributed by atoms with Crippen molar-refractivity contribution in [2.75, 3.05) is 16.8 Å². The Kier molecular flexibility index (Phi) is 14.3. The van der Waals surface area contributed by atoms with Crippen molar-refractivity contribution < 1.29 is 43.8 Å². The Morgan fingerprint density at radius 3 is 2.27 bits per heavy atom. The van der Waals surface area contributed by atoms with Gasteiger partial charge in [-0.25, -0.2) is 10.2 Å². The van der Waals surface area contributed by atoms with Crippen LogP contribution in [0.2, 0.25) is 0 Å². The molecule has 0 bridgehead atoms. The first kappa shape index (κ1) is 33.2. The molecule has 2 aromatic heterocycles. The molecule has 41 heavy (non-hydrogen) atoms. The molecule has 0 atom stereocenters. The summed E-state index contributed by atoms with van der Waals surface area (Å²) in [4.78, 5) is 40.0. The second kappa shape index (κ2) is 17.6. The first-order chi connectivity index (χ1) is 19.6. The van der Waals surface area contributed by atoms with Crippen molar-refractivity contribution >= 4 is 63.7 Å². The number of rotatable bonds is 9. The van der Waals surface area contributed by atoms with Gasteiger partial charge in [-0.2, -0.15) is 4.33 Å². The van der Waals surface area contributed by atoms with Crippen LogP contribution in [0.25, 0.3) is 10.9 Å². The predicted octanol–water partition coefficient (Wildman–Crippen LogP) is 2.76. The number of Topliss-reactive ketones (excluding diaryl/α,β-unsaturated/α-hetero) is 1. The summed E-state index contributed by atoms with van der Waals surface area (Å²) < 4.78 is 8.46. The summed E-state index contributed by atoms with van der Waals surface area (Å²) in [7, 11) is 0. The molecule has 4 aromatic rings. The topological polar surface area (TPSA) is 225 Å². The molecule has 16 heteroatoms. The lowest BCUT2D eigenvalue weighted by Gasteiger charge is -2.09. The molecule has 4 rings (SSSR count). The minimum absolute atomic E-state index is 0.183. The van der Waals surface area contributed by atoms with Gasteiger partial charge in [0, 0.05) is 40.6 Å². The summed E-state index contributed by atoms with van der Waals surface area (Å²) >= 11 is 1.44. The van der Waals surface area contributed by atoms with Crippen LogP contribution in [0, 0.1) is 6.92 Å². The van der Waals surface area contributed by atoms with E-state index in [1.54, 1.807) is 24.3 Å². The van der Waals surface area contributed by atoms with Crippen LogP contribution in [-0.2, 0) is 28.3 Å². The van der Waals surface area contributed by atoms with Crippen LogP contribution in [0.5, 0.6) is 0 Å². The van der Waals surface area contributed by atoms with E-state index in [2.05, 4.69) is 34.0 Å². The number of nitrogen functional groups attached to an aromatic ring is 2. The predicted molar refractivity (Wildman–Crippen MR) is 150 cm³/mol. The molecule has 1 amide bonds. The van der Waals surface area contributed by atoms with E-state index in [4.69, 9.17) is 16.7 Å². The lowest BCUT2D eigenvalue weighted by molar-refractivity contribution is -0.777. The molecule has 0 aliphatic rings. The third-order valence-corrected chi connectivity index (χ3v) is 6.13. The van der Waals surface area contributed by atoms with E-state index in [1.807, 2.05) is 37.5 Å². The number of anilines is 3. The molecule has 0 unspecified atom stereocenters. The Morgan fingerprint density at radius 2 is 1.71 bits per heavy atom. The molecule has 218 valence electrons. The van der Waals surface area contributed by atoms with Crippen LogP contribution in [0.3, 0.4) is 0 Å². The number of nitrogens with one attached hydrogen (secondary N) is 3. The summed E-state index contributed by atoms with van der Waals surface area (Å²) in [5, 5.41) is 27.8. The highest BCUT2D eigenvalue weighted by Gasteiger charge is 2.09. The zero-order valence-electron chi connectivity index (χ0n) is 21.7. The summed E-state index contributed by atoms with van der Waals surface area (Å²) in [5.74, 6) is -0.626. The largest absolute Gasteiger partial charge is 0.691 e. The number of aromatic nitrogens is 2. The van der Waals surface area contributed by atoms with Crippen molar-refractivity contribution in [3.8, 4) is 0 Å². The van der Waals surface area contributed by atoms with Crippen molar-refractivity contribution in [3.63, 3.8) is 0 Å². The van der Waals surface area contributed by atoms with Crippen LogP contribution in [0.15, 0.2) is 81.6 Å². The van der Waals surface area contributed by atoms with E-state index >= 15 is 0 Å². The number of benzene rings is 2. The summed E-state index contributed by atoms with van der Waals surface area (Å²) in [5.41, 5.74) is 13.9. The van der Waals surface area contributed by atoms with E-state index in [1.165, 1.54) is 19.1 Å². The van der Waals surface area contributed by atoms with Gasteiger partial charge < -0.3 is 27.0 Å². The van der Waals surface area contributed by atoms with Crippen molar-refractivity contribution in [1.82, 2.24) is 4.98 Å². The minimum atomic E-state index is -0.405. The zero-order chi connectivity index (χ0) is 30.2. The van der Waals surface area contributed by atoms with Crippen LogP contribution in [0.4, 0.5) is 17.1 Å². The van der Waals surface area contributed by atoms with E-state index in [0.29, 0.717) is 32.4 Å². The maximum atomic E-state index is 11.3. The van der Waals surface area contributed by atoms with Crippen molar-refractivity contribution in [2.45, 2.75) is 30.1 Å². The van der Waals surface area contributed by atoms with Gasteiger partial charge in [0.15, 0.2) is 12.4 Å². The highest BCUT2D eigenvalue weighted by Crippen LogP contribution is 2.30. The fraction of sp³-hybridized carbons (Fsp3) is 0.120. The first-order valence-corrected chi connectivity index (χ1v) is 12.9. The molecule has 0 spiro atoms. The van der Waals surface area contributed by atoms with Crippen LogP contribution in [-0.4, -0.2) is 21.9 Å². The van der Waals surface area contributed by atoms with Gasteiger partial charge in [0.1, 0.15) is 5.78 Å². The molecule has 2 heterocycles. The fourth-order valence-electron chi connectivity index (χ4n) is 3.12. The lowest BCUT2D eigenvalue weighted by atomic mass is 10.1. The number of aryl methyl sites for hydroxylation is 1. The van der Waals surface area contributed by atoms with Crippen molar-refractivity contribution in [3.05, 3.63) is 82.9 Å². The number of aromatic amines is 2. The fourth-order valence-corrected chi connectivity index (χ4v) is 3.92. The number of pyridine rings is 2. The van der Waals surface area contributed by atoms with E-state index < -0.39 is 5.91 Å². The molecule has 0 aliphatic carbocycles. The Morgan fingerprint density at radius 1 is 1.02 bits per heavy atom. The molecule has 0 radical (unpaired) electrons. The number of H-pyrrole nitrogens is 2. The number of fused-ring (bicyclic) bond motifs is 1. The molecular formula is C25H27N5O9S2. The number of amides is 1. The standard InChI is InChI=1S/C10H12N2O5S.C10H10N2O4S.C5H5N/c1-6(13)4-10(14)12-7-2-3-9(8(11)5-7)18-17-16-15;1-5-2-10(13)12-8-4-7(11)9(3-6(5)8)17-16-15-14;1-2-4-6-5-3-1/h2-3,5,15H,4,11H2,1H3,(H,12,14);2-4,14H,11H2,1H3,(H,12,13);1-5H. The molecule has 0 aliphatic heterocycles. The van der Waals surface area contributed by atoms with Crippen molar-refractivity contribution in [1.29, 1.82) is 0 Å². The van der Waals surface area contributed by atoms with Gasteiger partial charge in [0.05, 0.1) is 45.8 Å². The van der Waals surface area contributed by atoms with Gasteiger partial charge in [-0.1, -0.05) is 11.1 Å². The van der Waals surface area contributed by atoms with Gasteiger partial charge in [-0.15, -0.1) is 4.33 Å². The average Bonchev–Trinajstić information content (AvgIpc) is 2.93. The van der Waals surface area contributed by atoms with Gasteiger partial charge in [0.2, 0.25) is 11.5 Å². The highest BCUT2D eigenvalue weighted by atomic mass is 32.2. The molecule has 0 fully saturated rings. The number of carbonyl (C=O) groups excluding carboxylic acids is 2. The second-order valence-corrected chi connectivity index (χ2v) is 9.44. The third-order valence-electron chi connectivity index (χ3n) is 4.80. The Labute approximate surface area is 242 Å². The number of hydrogen-bond donors (Lipinski definition) is 5. The molecule has 2 aromatic carbocycles. The smallest absolute Gasteiger partial charge is 0.248 e. The second-order valence-electron chi connectivity index (χ2n) is 7.95. The van der Waals surface area contributed by atoms with E-state index in [0.717, 1.165) is 35.0 Å². The number of carbonyl (C=O) groups is 2. The number of ketones is 1. The lowest BCUT2D eigenvalue weighted by Crippen LogP contribution is -2.14. The molecule has 8 N–H and O–H groups in total. The Bertz CT molecular complexity index is 1460. The Balaban J connectivity index is 0.000000239. The number of hydrogen-bond acceptors (Lipinski definition) is 13. The first-order valence-electron chi connectivity index (χ1n) is 11.5. The minimum Gasteiger partial charge on any atom is -0.691 e. The maximum absolute atomic E-state index is 11.3. The van der Waals surface area contributed by atoms with Crippen LogP contribution in [0.1, 0.15) is 18.9 Å². The summed E-state index contributed by atoms with van der Waals surface area (Å²) in [6, 6.07) is 15.3. The summed E-state index contributed by atoms with van der Waals surface area (Å²) in [6.45, 7) is 3.15. The monoisotopic (exact) mass is 605 g/mol. The average molecular weight is 606 g/mol. The normalized spacial score (nSPS) is 10.1. The molecule has 14 nitrogen and oxygen atoms in total. The maximum Gasteiger partial charge on any atom is 0.248 e. The van der Waals surface area contributed by atoms with Gasteiger partial charge in [-0.05, 0) is 49.7 Å². The quantitative estimate of drug-likeness (QED) is 0.0609.